The minimum absolute atomic E-state index is 0.211. The molecule has 1 aliphatic rings. The molecule has 1 rings (SSSR count). The van der Waals surface area contributed by atoms with Crippen LogP contribution in [0.25, 0.3) is 0 Å². The Balaban J connectivity index is 2.24. The number of aliphatic hydroxyl groups is 1. The van der Waals surface area contributed by atoms with Crippen molar-refractivity contribution in [3.05, 3.63) is 0 Å². The molecule has 1 aliphatic heterocycles. The molecule has 3 heteroatoms. The van der Waals surface area contributed by atoms with Crippen molar-refractivity contribution in [2.24, 2.45) is 0 Å². The molecular formula is C9H20N2O. The fraction of sp³-hybridized carbons (Fsp3) is 1.00. The number of rotatable bonds is 3. The number of nitrogens with one attached hydrogen (secondary N) is 1. The maximum atomic E-state index is 9.19. The highest BCUT2D eigenvalue weighted by atomic mass is 16.3. The van der Waals surface area contributed by atoms with Crippen molar-refractivity contribution in [1.82, 2.24) is 10.2 Å². The summed E-state index contributed by atoms with van der Waals surface area (Å²) >= 11 is 0. The minimum atomic E-state index is -0.211. The maximum Gasteiger partial charge on any atom is 0.0639 e. The van der Waals surface area contributed by atoms with E-state index in [1.165, 1.54) is 12.8 Å². The Morgan fingerprint density at radius 1 is 1.67 bits per heavy atom. The first-order chi connectivity index (χ1) is 5.70. The average Bonchev–Trinajstić information content (AvgIpc) is 2.05. The molecule has 0 saturated carbocycles. The van der Waals surface area contributed by atoms with Gasteiger partial charge in [-0.3, -0.25) is 4.90 Å². The number of aliphatic hydroxyl groups excluding tert-OH is 1. The summed E-state index contributed by atoms with van der Waals surface area (Å²) in [5, 5.41) is 12.6. The summed E-state index contributed by atoms with van der Waals surface area (Å²) < 4.78 is 0. The van der Waals surface area contributed by atoms with Gasteiger partial charge in [0.2, 0.25) is 0 Å². The molecule has 0 spiro atoms. The number of piperidine rings is 1. The van der Waals surface area contributed by atoms with E-state index < -0.39 is 0 Å². The predicted molar refractivity (Wildman–Crippen MR) is 50.2 cm³/mol. The molecule has 0 radical (unpaired) electrons. The normalized spacial score (nSPS) is 27.5. The van der Waals surface area contributed by atoms with Crippen LogP contribution >= 0.6 is 0 Å². The van der Waals surface area contributed by atoms with Crippen molar-refractivity contribution in [1.29, 1.82) is 0 Å². The second kappa shape index (κ2) is 4.80. The molecule has 2 atom stereocenters. The summed E-state index contributed by atoms with van der Waals surface area (Å²) in [7, 11) is 2.09. The Morgan fingerprint density at radius 3 is 2.92 bits per heavy atom. The average molecular weight is 172 g/mol. The van der Waals surface area contributed by atoms with Gasteiger partial charge in [-0.05, 0) is 33.4 Å². The minimum Gasteiger partial charge on any atom is -0.392 e. The zero-order valence-electron chi connectivity index (χ0n) is 8.08. The van der Waals surface area contributed by atoms with Gasteiger partial charge in [-0.2, -0.15) is 0 Å². The Morgan fingerprint density at radius 2 is 2.42 bits per heavy atom. The molecule has 1 fully saturated rings. The molecule has 0 aromatic rings. The highest BCUT2D eigenvalue weighted by Crippen LogP contribution is 2.08. The van der Waals surface area contributed by atoms with Crippen molar-refractivity contribution < 1.29 is 5.11 Å². The topological polar surface area (TPSA) is 35.5 Å². The van der Waals surface area contributed by atoms with E-state index in [4.69, 9.17) is 0 Å². The van der Waals surface area contributed by atoms with Gasteiger partial charge in [0, 0.05) is 19.1 Å². The van der Waals surface area contributed by atoms with Crippen molar-refractivity contribution in [2.75, 3.05) is 26.7 Å². The van der Waals surface area contributed by atoms with Crippen LogP contribution in [0.1, 0.15) is 19.8 Å². The lowest BCUT2D eigenvalue weighted by atomic mass is 10.1. The molecule has 0 amide bonds. The largest absolute Gasteiger partial charge is 0.392 e. The third-order valence-corrected chi connectivity index (χ3v) is 2.45. The van der Waals surface area contributed by atoms with Crippen LogP contribution in [0.3, 0.4) is 0 Å². The van der Waals surface area contributed by atoms with Crippen LogP contribution in [0.5, 0.6) is 0 Å². The van der Waals surface area contributed by atoms with Gasteiger partial charge in [-0.15, -0.1) is 0 Å². The SMILES string of the molecule is CC(O)CN(C)C1CCCNC1. The van der Waals surface area contributed by atoms with E-state index in [0.717, 1.165) is 19.6 Å². The van der Waals surface area contributed by atoms with E-state index in [1.807, 2.05) is 6.92 Å². The summed E-state index contributed by atoms with van der Waals surface area (Å²) in [4.78, 5) is 2.25. The summed E-state index contributed by atoms with van der Waals surface area (Å²) in [6.45, 7) is 4.85. The van der Waals surface area contributed by atoms with E-state index in [-0.39, 0.29) is 6.10 Å². The predicted octanol–water partition coefficient (Wildman–Crippen LogP) is 0.0510. The van der Waals surface area contributed by atoms with Gasteiger partial charge in [0.25, 0.3) is 0 Å². The van der Waals surface area contributed by atoms with Crippen LogP contribution in [0.4, 0.5) is 0 Å². The van der Waals surface area contributed by atoms with Crippen LogP contribution in [0, 0.1) is 0 Å². The van der Waals surface area contributed by atoms with Crippen molar-refractivity contribution in [2.45, 2.75) is 31.9 Å². The molecule has 72 valence electrons. The van der Waals surface area contributed by atoms with Crippen molar-refractivity contribution >= 4 is 0 Å². The highest BCUT2D eigenvalue weighted by Gasteiger charge is 2.17. The first-order valence-electron chi connectivity index (χ1n) is 4.79. The van der Waals surface area contributed by atoms with Crippen molar-refractivity contribution in [3.8, 4) is 0 Å². The third kappa shape index (κ3) is 3.09. The van der Waals surface area contributed by atoms with E-state index >= 15 is 0 Å². The summed E-state index contributed by atoms with van der Waals surface area (Å²) in [5.41, 5.74) is 0. The highest BCUT2D eigenvalue weighted by molar-refractivity contribution is 4.76. The van der Waals surface area contributed by atoms with Gasteiger partial charge in [0.1, 0.15) is 0 Å². The first-order valence-corrected chi connectivity index (χ1v) is 4.79. The zero-order chi connectivity index (χ0) is 8.97. The van der Waals surface area contributed by atoms with E-state index in [2.05, 4.69) is 17.3 Å². The molecule has 3 nitrogen and oxygen atoms in total. The lowest BCUT2D eigenvalue weighted by Gasteiger charge is -2.32. The summed E-state index contributed by atoms with van der Waals surface area (Å²) in [5.74, 6) is 0. The Bertz CT molecular complexity index is 122. The van der Waals surface area contributed by atoms with Gasteiger partial charge in [0.05, 0.1) is 6.10 Å². The second-order valence-corrected chi connectivity index (χ2v) is 3.79. The van der Waals surface area contributed by atoms with Crippen molar-refractivity contribution in [3.63, 3.8) is 0 Å². The van der Waals surface area contributed by atoms with Crippen LogP contribution in [0.15, 0.2) is 0 Å². The first kappa shape index (κ1) is 9.96. The lowest BCUT2D eigenvalue weighted by Crippen LogP contribution is -2.46. The van der Waals surface area contributed by atoms with Crippen LogP contribution in [-0.4, -0.2) is 48.8 Å². The molecule has 2 N–H and O–H groups in total. The Hall–Kier alpha value is -0.120. The molecule has 0 bridgehead atoms. The molecule has 2 unspecified atom stereocenters. The molecule has 0 aromatic carbocycles. The Labute approximate surface area is 74.8 Å². The second-order valence-electron chi connectivity index (χ2n) is 3.79. The van der Waals surface area contributed by atoms with Gasteiger partial charge < -0.3 is 10.4 Å². The van der Waals surface area contributed by atoms with Gasteiger partial charge in [0.15, 0.2) is 0 Å². The number of hydrogen-bond donors (Lipinski definition) is 2. The quantitative estimate of drug-likeness (QED) is 0.631. The zero-order valence-corrected chi connectivity index (χ0v) is 8.08. The fourth-order valence-corrected chi connectivity index (χ4v) is 1.78. The summed E-state index contributed by atoms with van der Waals surface area (Å²) in [6, 6.07) is 0.619. The monoisotopic (exact) mass is 172 g/mol. The van der Waals surface area contributed by atoms with E-state index in [1.54, 1.807) is 0 Å². The molecule has 1 saturated heterocycles. The molecule has 0 aromatic heterocycles. The van der Waals surface area contributed by atoms with Gasteiger partial charge in [-0.1, -0.05) is 0 Å². The molecule has 12 heavy (non-hydrogen) atoms. The molecule has 1 heterocycles. The number of hydrogen-bond acceptors (Lipinski definition) is 3. The van der Waals surface area contributed by atoms with Gasteiger partial charge in [-0.25, -0.2) is 0 Å². The fourth-order valence-electron chi connectivity index (χ4n) is 1.78. The number of nitrogens with zero attached hydrogens (tertiary/aromatic N) is 1. The van der Waals surface area contributed by atoms with E-state index in [0.29, 0.717) is 6.04 Å². The van der Waals surface area contributed by atoms with Crippen LogP contribution in [0.2, 0.25) is 0 Å². The standard InChI is InChI=1S/C9H20N2O/c1-8(12)7-11(2)9-4-3-5-10-6-9/h8-10,12H,3-7H2,1-2H3. The Kier molecular flexibility index (Phi) is 3.98. The van der Waals surface area contributed by atoms with Crippen LogP contribution < -0.4 is 5.32 Å². The van der Waals surface area contributed by atoms with E-state index in [9.17, 15) is 5.11 Å². The number of likely N-dealkylation sites (N-methyl/N-ethyl adjacent to an activating group) is 1. The smallest absolute Gasteiger partial charge is 0.0639 e. The van der Waals surface area contributed by atoms with Crippen LogP contribution in [-0.2, 0) is 0 Å². The lowest BCUT2D eigenvalue weighted by molar-refractivity contribution is 0.107. The third-order valence-electron chi connectivity index (χ3n) is 2.45. The molecular weight excluding hydrogens is 152 g/mol. The maximum absolute atomic E-state index is 9.19. The molecule has 0 aliphatic carbocycles. The summed E-state index contributed by atoms with van der Waals surface area (Å²) in [6.07, 6.45) is 2.31. The van der Waals surface area contributed by atoms with Gasteiger partial charge >= 0.3 is 0 Å².